The van der Waals surface area contributed by atoms with Gasteiger partial charge in [-0.1, -0.05) is 24.3 Å². The van der Waals surface area contributed by atoms with Crippen molar-refractivity contribution < 1.29 is 114 Å². The number of benzene rings is 2. The van der Waals surface area contributed by atoms with Crippen molar-refractivity contribution in [3.8, 4) is 17.2 Å². The third-order valence-corrected chi connectivity index (χ3v) is 10.7. The Hall–Kier alpha value is -3.22. The Kier molecular flexibility index (Phi) is 15.9. The number of phenols is 2. The van der Waals surface area contributed by atoms with Gasteiger partial charge >= 0.3 is 0 Å². The van der Waals surface area contributed by atoms with E-state index in [0.717, 1.165) is 0 Å². The summed E-state index contributed by atoms with van der Waals surface area (Å²) >= 11 is 0. The van der Waals surface area contributed by atoms with Gasteiger partial charge in [0.25, 0.3) is 0 Å². The van der Waals surface area contributed by atoms with E-state index in [1.807, 2.05) is 0 Å². The molecular formula is C38H52O23. The molecule has 61 heavy (non-hydrogen) atoms. The van der Waals surface area contributed by atoms with Crippen LogP contribution in [0.5, 0.6) is 17.2 Å². The van der Waals surface area contributed by atoms with Gasteiger partial charge in [0.1, 0.15) is 109 Å². The molecule has 23 heteroatoms. The van der Waals surface area contributed by atoms with Crippen molar-refractivity contribution in [3.63, 3.8) is 0 Å². The van der Waals surface area contributed by atoms with Crippen molar-refractivity contribution in [1.82, 2.24) is 0 Å². The number of hydrogen-bond donors (Lipinski definition) is 15. The second kappa shape index (κ2) is 20.5. The minimum Gasteiger partial charge on any atom is -0.508 e. The Morgan fingerprint density at radius 2 is 0.770 bits per heavy atom. The molecule has 0 saturated carbocycles. The Morgan fingerprint density at radius 1 is 0.410 bits per heavy atom. The normalized spacial score (nSPS) is 42.1. The van der Waals surface area contributed by atoms with E-state index in [2.05, 4.69) is 0 Å². The van der Waals surface area contributed by atoms with Crippen molar-refractivity contribution in [2.45, 2.75) is 123 Å². The molecule has 0 aliphatic carbocycles. The monoisotopic (exact) mass is 876 g/mol. The van der Waals surface area contributed by atoms with Crippen molar-refractivity contribution in [3.05, 3.63) is 53.6 Å². The van der Waals surface area contributed by atoms with Crippen LogP contribution in [0.4, 0.5) is 0 Å². The molecule has 4 fully saturated rings. The standard InChI is InChI=1S/C38H52O23/c39-10-19-23(45)27(49)31(53)35(55-19)59-33-29(51)25(47)21(12-41)57-37(33)61-34-30(52)26(48)22(13-42)58-38(34)60-32-28(50)24(46)20(11-40)56-36(32)54-18-5-3-14(4-6-18)1-2-15-7-16(43)9-17(44)8-15/h1-9,19-53H,10-13H2/b2-1+/t19-,20-,21-,22-,23-,24-,25-,26-,27+,28+,29+,30+,31-,32-,33-,34-,35-,36+,37-,38-/m1/s1. The Balaban J connectivity index is 1.26. The van der Waals surface area contributed by atoms with Gasteiger partial charge < -0.3 is 114 Å². The molecule has 0 unspecified atom stereocenters. The number of aliphatic hydroxyl groups is 13. The van der Waals surface area contributed by atoms with Gasteiger partial charge in [-0.15, -0.1) is 0 Å². The number of hydrogen-bond acceptors (Lipinski definition) is 23. The number of rotatable bonds is 14. The molecule has 342 valence electrons. The predicted molar refractivity (Wildman–Crippen MR) is 197 cm³/mol. The van der Waals surface area contributed by atoms with Crippen molar-refractivity contribution in [2.24, 2.45) is 0 Å². The van der Waals surface area contributed by atoms with Gasteiger partial charge in [-0.3, -0.25) is 0 Å². The zero-order chi connectivity index (χ0) is 44.3. The first-order valence-electron chi connectivity index (χ1n) is 19.2. The van der Waals surface area contributed by atoms with E-state index in [9.17, 15) is 76.6 Å². The Labute approximate surface area is 346 Å². The van der Waals surface area contributed by atoms with Crippen LogP contribution in [0.1, 0.15) is 11.1 Å². The van der Waals surface area contributed by atoms with E-state index >= 15 is 0 Å². The molecular weight excluding hydrogens is 824 g/mol. The van der Waals surface area contributed by atoms with E-state index in [0.29, 0.717) is 11.1 Å². The molecule has 20 atom stereocenters. The first-order chi connectivity index (χ1) is 29.1. The van der Waals surface area contributed by atoms with Gasteiger partial charge in [-0.2, -0.15) is 0 Å². The first kappa shape index (κ1) is 47.3. The van der Waals surface area contributed by atoms with E-state index < -0.39 is 149 Å². The molecule has 2 aromatic rings. The van der Waals surface area contributed by atoms with Crippen LogP contribution in [0.3, 0.4) is 0 Å². The lowest BCUT2D eigenvalue weighted by Crippen LogP contribution is -2.68. The average Bonchev–Trinajstić information content (AvgIpc) is 3.24. The zero-order valence-corrected chi connectivity index (χ0v) is 32.0. The first-order valence-corrected chi connectivity index (χ1v) is 19.2. The van der Waals surface area contributed by atoms with Crippen LogP contribution in [-0.2, 0) is 33.2 Å². The van der Waals surface area contributed by atoms with E-state index in [1.165, 1.54) is 30.3 Å². The molecule has 0 bridgehead atoms. The average molecular weight is 877 g/mol. The fourth-order valence-electron chi connectivity index (χ4n) is 7.26. The van der Waals surface area contributed by atoms with Crippen LogP contribution in [0, 0.1) is 0 Å². The fourth-order valence-corrected chi connectivity index (χ4v) is 7.26. The topological polar surface area (TPSA) is 377 Å². The summed E-state index contributed by atoms with van der Waals surface area (Å²) in [6.45, 7) is -3.48. The largest absolute Gasteiger partial charge is 0.508 e. The second-order valence-electron chi connectivity index (χ2n) is 14.9. The van der Waals surface area contributed by atoms with Crippen LogP contribution in [0.25, 0.3) is 12.2 Å². The van der Waals surface area contributed by atoms with Gasteiger partial charge in [0.15, 0.2) is 25.0 Å². The molecule has 15 N–H and O–H groups in total. The van der Waals surface area contributed by atoms with Gasteiger partial charge in [0.05, 0.1) is 26.4 Å². The molecule has 0 amide bonds. The summed E-state index contributed by atoms with van der Waals surface area (Å²) in [6, 6.07) is 10.2. The lowest BCUT2D eigenvalue weighted by molar-refractivity contribution is -0.404. The summed E-state index contributed by atoms with van der Waals surface area (Å²) in [5.41, 5.74) is 1.13. The van der Waals surface area contributed by atoms with E-state index in [4.69, 9.17) is 37.9 Å². The molecule has 2 aromatic carbocycles. The molecule has 0 spiro atoms. The minimum atomic E-state index is -2.07. The zero-order valence-electron chi connectivity index (χ0n) is 32.0. The molecule has 4 heterocycles. The molecule has 6 rings (SSSR count). The maximum absolute atomic E-state index is 11.4. The summed E-state index contributed by atoms with van der Waals surface area (Å²) in [4.78, 5) is 0. The maximum atomic E-state index is 11.4. The van der Waals surface area contributed by atoms with Crippen molar-refractivity contribution in [1.29, 1.82) is 0 Å². The highest BCUT2D eigenvalue weighted by molar-refractivity contribution is 5.71. The van der Waals surface area contributed by atoms with Crippen LogP contribution in [0.15, 0.2) is 42.5 Å². The molecule has 4 saturated heterocycles. The molecule has 0 radical (unpaired) electrons. The number of aliphatic hydroxyl groups excluding tert-OH is 13. The van der Waals surface area contributed by atoms with Crippen LogP contribution in [-0.4, -0.2) is 226 Å². The van der Waals surface area contributed by atoms with Crippen LogP contribution >= 0.6 is 0 Å². The van der Waals surface area contributed by atoms with Crippen LogP contribution in [0.2, 0.25) is 0 Å². The summed E-state index contributed by atoms with van der Waals surface area (Å²) in [7, 11) is 0. The quantitative estimate of drug-likeness (QED) is 0.0785. The molecule has 23 nitrogen and oxygen atoms in total. The van der Waals surface area contributed by atoms with E-state index in [-0.39, 0.29) is 17.2 Å². The summed E-state index contributed by atoms with van der Waals surface area (Å²) in [5, 5.41) is 157. The Morgan fingerprint density at radius 3 is 1.21 bits per heavy atom. The van der Waals surface area contributed by atoms with Crippen molar-refractivity contribution in [2.75, 3.05) is 26.4 Å². The highest BCUT2D eigenvalue weighted by Crippen LogP contribution is 2.36. The smallest absolute Gasteiger partial charge is 0.229 e. The SMILES string of the molecule is OC[C@H]1O[C@H](O[C@H]2[C@@H](O[C@H]3[C@@H](O[C@H]4[C@@H](Oc5ccc(/C=C/c6cc(O)cc(O)c6)cc5)O[C@H](CO)[C@@H](O)[C@@H]4O)O[C@H](CO)[C@@H](O)[C@@H]3O)O[C@H](CO)[C@@H](O)[C@@H]2O)[C@H](O)[C@@H](O)[C@@H]1O. The number of phenolic OH excluding ortho intramolecular Hbond substituents is 2. The van der Waals surface area contributed by atoms with Gasteiger partial charge in [0, 0.05) is 6.07 Å². The minimum absolute atomic E-state index is 0.110. The van der Waals surface area contributed by atoms with Gasteiger partial charge in [0.2, 0.25) is 6.29 Å². The highest BCUT2D eigenvalue weighted by atomic mass is 16.8. The predicted octanol–water partition coefficient (Wildman–Crippen LogP) is -6.08. The third kappa shape index (κ3) is 10.4. The molecule has 4 aliphatic rings. The number of aromatic hydroxyl groups is 2. The third-order valence-electron chi connectivity index (χ3n) is 10.7. The lowest BCUT2D eigenvalue weighted by atomic mass is 9.96. The summed E-state index contributed by atoms with van der Waals surface area (Å²) < 4.78 is 46.3. The van der Waals surface area contributed by atoms with Gasteiger partial charge in [-0.05, 0) is 35.4 Å². The molecule has 0 aromatic heterocycles. The maximum Gasteiger partial charge on any atom is 0.229 e. The van der Waals surface area contributed by atoms with E-state index in [1.54, 1.807) is 24.3 Å². The summed E-state index contributed by atoms with van der Waals surface area (Å²) in [5.74, 6) is -0.174. The number of ether oxygens (including phenoxy) is 8. The fraction of sp³-hybridized carbons (Fsp3) is 0.632. The lowest BCUT2D eigenvalue weighted by Gasteiger charge is -2.49. The molecule has 4 aliphatic heterocycles. The van der Waals surface area contributed by atoms with Gasteiger partial charge in [-0.25, -0.2) is 0 Å². The van der Waals surface area contributed by atoms with Crippen LogP contribution < -0.4 is 4.74 Å². The second-order valence-corrected chi connectivity index (χ2v) is 14.9. The van der Waals surface area contributed by atoms with Crippen molar-refractivity contribution >= 4 is 12.2 Å². The Bertz CT molecular complexity index is 1700. The highest BCUT2D eigenvalue weighted by Gasteiger charge is 2.56. The summed E-state index contributed by atoms with van der Waals surface area (Å²) in [6.07, 6.45) is -33.5.